The number of hydrogen-bond donors (Lipinski definition) is 0. The lowest BCUT2D eigenvalue weighted by Crippen LogP contribution is -2.74. The average Bonchev–Trinajstić information content (AvgIpc) is 3.33. The molecule has 2 saturated heterocycles. The minimum Gasteiger partial charge on any atom is -0.433 e. The largest absolute Gasteiger partial charge is 0.433 e. The number of esters is 1. The molecule has 1 spiro atoms. The van der Waals surface area contributed by atoms with Gasteiger partial charge in [0.1, 0.15) is 19.2 Å². The van der Waals surface area contributed by atoms with E-state index in [1.165, 1.54) is 6.92 Å². The van der Waals surface area contributed by atoms with E-state index in [2.05, 4.69) is 47.7 Å². The zero-order valence-corrected chi connectivity index (χ0v) is 27.9. The minimum atomic E-state index is -2.26. The van der Waals surface area contributed by atoms with Crippen molar-refractivity contribution in [3.63, 3.8) is 0 Å². The number of carbonyl (C=O) groups excluding carboxylic acids is 1. The van der Waals surface area contributed by atoms with Crippen molar-refractivity contribution in [3.8, 4) is 0 Å². The van der Waals surface area contributed by atoms with Crippen LogP contribution in [0.3, 0.4) is 0 Å². The molecule has 2 heterocycles. The molecule has 11 atom stereocenters. The van der Waals surface area contributed by atoms with Gasteiger partial charge in [0, 0.05) is 33.0 Å². The lowest BCUT2D eigenvalue weighted by molar-refractivity contribution is -0.386. The van der Waals surface area contributed by atoms with Crippen molar-refractivity contribution in [3.05, 3.63) is 0 Å². The molecule has 2 aliphatic heterocycles. The van der Waals surface area contributed by atoms with Crippen molar-refractivity contribution in [1.29, 1.82) is 0 Å². The fourth-order valence-corrected chi connectivity index (χ4v) is 10.7. The van der Waals surface area contributed by atoms with E-state index in [1.807, 2.05) is 0 Å². The van der Waals surface area contributed by atoms with Gasteiger partial charge in [-0.25, -0.2) is 0 Å². The van der Waals surface area contributed by atoms with E-state index in [9.17, 15) is 4.79 Å². The van der Waals surface area contributed by atoms with Crippen molar-refractivity contribution < 1.29 is 42.4 Å². The third-order valence-electron chi connectivity index (χ3n) is 12.2. The maximum Gasteiger partial charge on any atom is 0.305 e. The summed E-state index contributed by atoms with van der Waals surface area (Å²) in [6.07, 6.45) is 3.83. The van der Waals surface area contributed by atoms with E-state index in [0.717, 1.165) is 32.1 Å². The number of carbonyl (C=O) groups is 1. The maximum absolute atomic E-state index is 12.3. The molecule has 5 fully saturated rings. The van der Waals surface area contributed by atoms with Crippen molar-refractivity contribution in [2.75, 3.05) is 27.8 Å². The van der Waals surface area contributed by atoms with Crippen molar-refractivity contribution in [2.45, 2.75) is 135 Å². The predicted molar refractivity (Wildman–Crippen MR) is 154 cm³/mol. The number of fused-ring (bicyclic) bond motifs is 5. The highest BCUT2D eigenvalue weighted by molar-refractivity contribution is 6.74. The lowest BCUT2D eigenvalue weighted by atomic mass is 9.45. The van der Waals surface area contributed by atoms with Crippen LogP contribution in [0.15, 0.2) is 0 Å². The molecule has 3 saturated carbocycles. The van der Waals surface area contributed by atoms with Gasteiger partial charge in [0.2, 0.25) is 6.29 Å². The molecule has 0 radical (unpaired) electrons. The number of rotatable bonds is 9. The summed E-state index contributed by atoms with van der Waals surface area (Å²) in [6, 6.07) is 0. The topological polar surface area (TPSA) is 90.9 Å². The third-order valence-corrected chi connectivity index (χ3v) is 16.7. The van der Waals surface area contributed by atoms with Crippen LogP contribution in [0.5, 0.6) is 0 Å². The van der Waals surface area contributed by atoms with Gasteiger partial charge in [-0.3, -0.25) is 4.79 Å². The SMILES string of the molecule is COCO[C@H]1CC[C@H]2[C@@H]3C[C@@H](O[Si](C)(C)C(C)(C)C)[C@]45O[C@H](C[C@]4(C)[C@H]3CC[C@]12C)O[C@H](OC(C)=O)[C@H]5OCOC. The van der Waals surface area contributed by atoms with Gasteiger partial charge in [-0.2, -0.15) is 0 Å². The van der Waals surface area contributed by atoms with Crippen LogP contribution in [0.2, 0.25) is 18.1 Å². The van der Waals surface area contributed by atoms with Gasteiger partial charge in [-0.1, -0.05) is 34.6 Å². The summed E-state index contributed by atoms with van der Waals surface area (Å²) in [5, 5.41) is 0.00571. The molecule has 0 aromatic rings. The Balaban J connectivity index is 1.60. The molecule has 3 aliphatic carbocycles. The van der Waals surface area contributed by atoms with Gasteiger partial charge < -0.3 is 37.6 Å². The molecule has 0 aromatic carbocycles. The summed E-state index contributed by atoms with van der Waals surface area (Å²) >= 11 is 0. The Morgan fingerprint density at radius 1 is 0.976 bits per heavy atom. The molecule has 0 N–H and O–H groups in total. The first-order chi connectivity index (χ1) is 19.1. The molecule has 5 aliphatic rings. The van der Waals surface area contributed by atoms with E-state index in [1.54, 1.807) is 14.2 Å². The van der Waals surface area contributed by atoms with Crippen molar-refractivity contribution >= 4 is 14.3 Å². The molecule has 9 nitrogen and oxygen atoms in total. The highest BCUT2D eigenvalue weighted by Gasteiger charge is 2.77. The highest BCUT2D eigenvalue weighted by Crippen LogP contribution is 2.71. The monoisotopic (exact) mass is 598 g/mol. The highest BCUT2D eigenvalue weighted by atomic mass is 28.4. The van der Waals surface area contributed by atoms with Crippen LogP contribution in [0.4, 0.5) is 0 Å². The van der Waals surface area contributed by atoms with Crippen LogP contribution < -0.4 is 0 Å². The fourth-order valence-electron chi connectivity index (χ4n) is 9.33. The number of methoxy groups -OCH3 is 2. The van der Waals surface area contributed by atoms with Crippen LogP contribution >= 0.6 is 0 Å². The maximum atomic E-state index is 12.3. The molecule has 0 amide bonds. The van der Waals surface area contributed by atoms with E-state index < -0.39 is 38.6 Å². The van der Waals surface area contributed by atoms with Gasteiger partial charge in [0.05, 0.1) is 12.2 Å². The van der Waals surface area contributed by atoms with Crippen molar-refractivity contribution in [1.82, 2.24) is 0 Å². The van der Waals surface area contributed by atoms with Crippen LogP contribution in [-0.2, 0) is 42.4 Å². The number of ether oxygens (including phenoxy) is 7. The normalized spacial score (nSPS) is 45.6. The van der Waals surface area contributed by atoms with Gasteiger partial charge in [-0.15, -0.1) is 0 Å². The predicted octanol–water partition coefficient (Wildman–Crippen LogP) is 5.61. The van der Waals surface area contributed by atoms with Gasteiger partial charge in [0.15, 0.2) is 20.7 Å². The average molecular weight is 599 g/mol. The van der Waals surface area contributed by atoms with Crippen LogP contribution in [0, 0.1) is 28.6 Å². The first-order valence-electron chi connectivity index (χ1n) is 15.5. The molecule has 0 unspecified atom stereocenters. The first-order valence-corrected chi connectivity index (χ1v) is 18.4. The van der Waals surface area contributed by atoms with Gasteiger partial charge in [-0.05, 0) is 73.4 Å². The second kappa shape index (κ2) is 11.1. The Bertz CT molecular complexity index is 970. The van der Waals surface area contributed by atoms with E-state index in [4.69, 9.17) is 37.6 Å². The smallest absolute Gasteiger partial charge is 0.305 e. The van der Waals surface area contributed by atoms with Crippen LogP contribution in [0.1, 0.15) is 80.1 Å². The quantitative estimate of drug-likeness (QED) is 0.191. The molecule has 10 heteroatoms. The lowest BCUT2D eigenvalue weighted by Gasteiger charge is -2.65. The summed E-state index contributed by atoms with van der Waals surface area (Å²) in [5.74, 6) is 0.956. The summed E-state index contributed by atoms with van der Waals surface area (Å²) in [6.45, 7) is 18.0. The Labute approximate surface area is 247 Å². The van der Waals surface area contributed by atoms with Gasteiger partial charge >= 0.3 is 5.97 Å². The second-order valence-electron chi connectivity index (χ2n) is 15.2. The number of hydrogen-bond acceptors (Lipinski definition) is 9. The van der Waals surface area contributed by atoms with Crippen LogP contribution in [0.25, 0.3) is 0 Å². The summed E-state index contributed by atoms with van der Waals surface area (Å²) in [5.41, 5.74) is -1.06. The summed E-state index contributed by atoms with van der Waals surface area (Å²) < 4.78 is 50.0. The fraction of sp³-hybridized carbons (Fsp3) is 0.968. The zero-order chi connectivity index (χ0) is 30.0. The summed E-state index contributed by atoms with van der Waals surface area (Å²) in [4.78, 5) is 12.3. The van der Waals surface area contributed by atoms with Crippen LogP contribution in [-0.4, -0.2) is 78.6 Å². The molecule has 0 aromatic heterocycles. The Morgan fingerprint density at radius 3 is 2.29 bits per heavy atom. The zero-order valence-electron chi connectivity index (χ0n) is 26.9. The van der Waals surface area contributed by atoms with Crippen molar-refractivity contribution in [2.24, 2.45) is 28.6 Å². The Kier molecular flexibility index (Phi) is 8.60. The molecule has 236 valence electrons. The molecular formula is C31H54O9Si. The second-order valence-corrected chi connectivity index (χ2v) is 20.0. The molecule has 2 bridgehead atoms. The van der Waals surface area contributed by atoms with E-state index >= 15 is 0 Å². The van der Waals surface area contributed by atoms with E-state index in [0.29, 0.717) is 31.0 Å². The third kappa shape index (κ3) is 4.96. The molecule has 41 heavy (non-hydrogen) atoms. The Hall–Kier alpha value is -0.593. The Morgan fingerprint density at radius 2 is 1.66 bits per heavy atom. The minimum absolute atomic E-state index is 0.00571. The summed E-state index contributed by atoms with van der Waals surface area (Å²) in [7, 11) is 1.04. The molecule has 5 rings (SSSR count). The van der Waals surface area contributed by atoms with Gasteiger partial charge in [0.25, 0.3) is 0 Å². The molecular weight excluding hydrogens is 544 g/mol. The standard InChI is InChI=1S/C31H54O9Si/c1-19(32)37-27-26(36-18-34-8)31-24(40-41(9,10)28(2,3)4)15-20-21-11-12-23(35-17-33-7)29(21,5)14-13-22(20)30(31,6)16-25(38-27)39-31/h20-27H,11-18H2,1-10H3/t20-,21-,22-,23-,24+,25+,26+,27-,29-,30+,31+/m0/s1. The first kappa shape index (κ1) is 31.8. The van der Waals surface area contributed by atoms with E-state index in [-0.39, 0.29) is 34.9 Å².